The number of rotatable bonds is 20. The van der Waals surface area contributed by atoms with Gasteiger partial charge in [-0.15, -0.1) is 0 Å². The summed E-state index contributed by atoms with van der Waals surface area (Å²) >= 11 is 0. The number of ether oxygens (including phenoxy) is 7. The van der Waals surface area contributed by atoms with Gasteiger partial charge in [0.15, 0.2) is 30.1 Å². The minimum absolute atomic E-state index is 0.0234. The van der Waals surface area contributed by atoms with Crippen LogP contribution in [0.4, 0.5) is 0 Å². The molecule has 1 saturated carbocycles. The maximum atomic E-state index is 14.6. The van der Waals surface area contributed by atoms with Gasteiger partial charge in [-0.3, -0.25) is 33.7 Å². The number of benzene rings is 2. The SMILES string of the molecule is CC(C)(C)NC(=O)[C@@H]1CC2CCCCC2CN1C[C@@H](OC(=O)CCCCC(=O)O[C@H]1[C@@H](C2COC(C)(C)O2)OC2OC(C)(C)O[C@H]21)[C@H](Cc1ccccc1)NC(=O)[C@H](CC(N)=O)NC(=O)c1ccc2ccccc2n1. The molecule has 19 nitrogen and oxygen atoms in total. The van der Waals surface area contributed by atoms with Crippen LogP contribution in [0.25, 0.3) is 10.9 Å². The van der Waals surface area contributed by atoms with E-state index in [4.69, 9.17) is 38.9 Å². The number of nitrogens with two attached hydrogens (primary N) is 1. The molecule has 4 unspecified atom stereocenters. The molecule has 1 aliphatic carbocycles. The molecule has 4 saturated heterocycles. The van der Waals surface area contributed by atoms with Crippen LogP contribution in [-0.4, -0.2) is 137 Å². The molecule has 2 aromatic carbocycles. The Hall–Kier alpha value is -5.57. The van der Waals surface area contributed by atoms with Crippen molar-refractivity contribution in [3.8, 4) is 0 Å². The summed E-state index contributed by atoms with van der Waals surface area (Å²) in [5.41, 5.74) is 6.59. The van der Waals surface area contributed by atoms with Gasteiger partial charge in [-0.25, -0.2) is 4.98 Å². The van der Waals surface area contributed by atoms with Crippen LogP contribution in [0.2, 0.25) is 0 Å². The summed E-state index contributed by atoms with van der Waals surface area (Å²) in [6.45, 7) is 13.8. The Morgan fingerprint density at radius 1 is 0.827 bits per heavy atom. The predicted molar refractivity (Wildman–Crippen MR) is 274 cm³/mol. The first-order chi connectivity index (χ1) is 35.6. The highest BCUT2D eigenvalue weighted by Gasteiger charge is 2.60. The Balaban J connectivity index is 1.01. The molecule has 3 aromatic rings. The van der Waals surface area contributed by atoms with Gasteiger partial charge < -0.3 is 54.8 Å². The van der Waals surface area contributed by atoms with Crippen LogP contribution >= 0.6 is 0 Å². The van der Waals surface area contributed by atoms with E-state index in [1.807, 2.05) is 63.2 Å². The number of amides is 4. The van der Waals surface area contributed by atoms with Crippen LogP contribution in [0.1, 0.15) is 129 Å². The van der Waals surface area contributed by atoms with Crippen LogP contribution in [0, 0.1) is 11.8 Å². The second-order valence-corrected chi connectivity index (χ2v) is 22.8. The average molecular weight is 1040 g/mol. The van der Waals surface area contributed by atoms with E-state index in [0.29, 0.717) is 30.3 Å². The first-order valence-electron chi connectivity index (χ1n) is 26.7. The first-order valence-corrected chi connectivity index (χ1v) is 26.7. The average Bonchev–Trinajstić information content (AvgIpc) is 3.98. The van der Waals surface area contributed by atoms with Crippen molar-refractivity contribution in [1.82, 2.24) is 25.8 Å². The fraction of sp³-hybridized carbons (Fsp3) is 0.625. The Morgan fingerprint density at radius 2 is 1.53 bits per heavy atom. The Kier molecular flexibility index (Phi) is 17.6. The number of primary amides is 1. The standard InChI is InChI=1S/C56H76N6O13/c1-54(2,3)61-52(68)41-28-35-20-11-12-21-36(35)30-62(41)31-42(70-45(64)23-15-16-24-46(65)71-48-47(43-32-69-55(4,5)73-43)72-53-49(48)74-56(6,7)75-53)39(27-33-17-9-8-10-18-33)59-51(67)40(29-44(57)63)60-50(66)38-26-25-34-19-13-14-22-37(34)58-38/h8-10,13-14,17-19,22,25-26,35-36,39-43,47-49,53H,11-12,15-16,20-21,23-24,27-32H2,1-7H3,(H2,57,63)(H,59,67)(H,60,66)(H,61,68)/t35?,36?,39-,40-,41-,42+,43?,47+,48-,49-,53?/m0/s1. The number of carbonyl (C=O) groups is 6. The van der Waals surface area contributed by atoms with Crippen molar-refractivity contribution < 1.29 is 61.9 Å². The minimum atomic E-state index is -1.43. The molecular weight excluding hydrogens is 965 g/mol. The van der Waals surface area contributed by atoms with E-state index < -0.39 is 108 Å². The molecule has 5 N–H and O–H groups in total. The third-order valence-electron chi connectivity index (χ3n) is 14.6. The number of carbonyl (C=O) groups excluding carboxylic acids is 6. The quantitative estimate of drug-likeness (QED) is 0.0846. The monoisotopic (exact) mass is 1040 g/mol. The number of pyridine rings is 1. The summed E-state index contributed by atoms with van der Waals surface area (Å²) in [6, 6.07) is 17.0. The fourth-order valence-corrected chi connectivity index (χ4v) is 11.2. The van der Waals surface area contributed by atoms with Gasteiger partial charge in [-0.2, -0.15) is 0 Å². The molecule has 1 aromatic heterocycles. The zero-order chi connectivity index (χ0) is 53.7. The van der Waals surface area contributed by atoms with E-state index in [2.05, 4.69) is 25.8 Å². The molecule has 5 aliphatic rings. The summed E-state index contributed by atoms with van der Waals surface area (Å²) in [4.78, 5) is 89.6. The molecule has 19 heteroatoms. The minimum Gasteiger partial charge on any atom is -0.459 e. The first kappa shape index (κ1) is 55.7. The number of nitrogens with zero attached hydrogens (tertiary/aromatic N) is 2. The van der Waals surface area contributed by atoms with Gasteiger partial charge >= 0.3 is 11.9 Å². The number of fused-ring (bicyclic) bond motifs is 3. The Morgan fingerprint density at radius 3 is 2.24 bits per heavy atom. The number of likely N-dealkylation sites (tertiary alicyclic amines) is 1. The molecule has 5 fully saturated rings. The second kappa shape index (κ2) is 23.8. The van der Waals surface area contributed by atoms with Crippen LogP contribution in [0.15, 0.2) is 66.7 Å². The molecule has 4 amide bonds. The van der Waals surface area contributed by atoms with Crippen LogP contribution in [0.5, 0.6) is 0 Å². The number of esters is 2. The number of nitrogens with one attached hydrogen (secondary N) is 3. The lowest BCUT2D eigenvalue weighted by molar-refractivity contribution is -0.235. The molecule has 8 rings (SSSR count). The summed E-state index contributed by atoms with van der Waals surface area (Å²) in [5, 5.41) is 9.74. The second-order valence-electron chi connectivity index (χ2n) is 22.8. The lowest BCUT2D eigenvalue weighted by atomic mass is 9.72. The molecule has 75 heavy (non-hydrogen) atoms. The predicted octanol–water partition coefficient (Wildman–Crippen LogP) is 5.14. The van der Waals surface area contributed by atoms with E-state index in [0.717, 1.165) is 36.6 Å². The normalized spacial score (nSPS) is 27.2. The van der Waals surface area contributed by atoms with Crippen LogP contribution < -0.4 is 21.7 Å². The van der Waals surface area contributed by atoms with Crippen LogP contribution in [0.3, 0.4) is 0 Å². The molecule has 5 heterocycles. The van der Waals surface area contributed by atoms with Crippen molar-refractivity contribution in [2.75, 3.05) is 19.7 Å². The fourth-order valence-electron chi connectivity index (χ4n) is 11.2. The van der Waals surface area contributed by atoms with Crippen molar-refractivity contribution in [3.05, 3.63) is 78.0 Å². The maximum Gasteiger partial charge on any atom is 0.306 e. The molecule has 0 radical (unpaired) electrons. The highest BCUT2D eigenvalue weighted by Crippen LogP contribution is 2.43. The Labute approximate surface area is 439 Å². The number of piperidine rings is 1. The van der Waals surface area contributed by atoms with Gasteiger partial charge in [0, 0.05) is 36.9 Å². The molecule has 4 aliphatic heterocycles. The zero-order valence-electron chi connectivity index (χ0n) is 44.4. The number of para-hydroxylation sites is 1. The van der Waals surface area contributed by atoms with Crippen molar-refractivity contribution >= 4 is 46.5 Å². The van der Waals surface area contributed by atoms with Gasteiger partial charge in [0.05, 0.1) is 30.6 Å². The Bertz CT molecular complexity index is 2520. The van der Waals surface area contributed by atoms with Crippen molar-refractivity contribution in [2.24, 2.45) is 17.6 Å². The number of unbranched alkanes of at least 4 members (excludes halogenated alkanes) is 1. The van der Waals surface area contributed by atoms with Gasteiger partial charge in [0.1, 0.15) is 30.0 Å². The summed E-state index contributed by atoms with van der Waals surface area (Å²) in [7, 11) is 0. The topological polar surface area (TPSA) is 245 Å². The molecule has 11 atom stereocenters. The smallest absolute Gasteiger partial charge is 0.306 e. The molecule has 0 spiro atoms. The van der Waals surface area contributed by atoms with E-state index in [9.17, 15) is 28.8 Å². The molecule has 0 bridgehead atoms. The summed E-state index contributed by atoms with van der Waals surface area (Å²) < 4.78 is 42.7. The highest BCUT2D eigenvalue weighted by molar-refractivity contribution is 5.99. The number of hydrogen-bond acceptors (Lipinski definition) is 15. The lowest BCUT2D eigenvalue weighted by Crippen LogP contribution is -2.61. The van der Waals surface area contributed by atoms with Crippen molar-refractivity contribution in [3.63, 3.8) is 0 Å². The van der Waals surface area contributed by atoms with E-state index in [1.54, 1.807) is 45.9 Å². The van der Waals surface area contributed by atoms with Gasteiger partial charge in [0.25, 0.3) is 5.91 Å². The van der Waals surface area contributed by atoms with Gasteiger partial charge in [-0.1, -0.05) is 73.9 Å². The van der Waals surface area contributed by atoms with E-state index in [1.165, 1.54) is 6.07 Å². The van der Waals surface area contributed by atoms with Crippen molar-refractivity contribution in [1.29, 1.82) is 0 Å². The van der Waals surface area contributed by atoms with Crippen LogP contribution in [-0.2, 0) is 63.6 Å². The van der Waals surface area contributed by atoms with E-state index >= 15 is 0 Å². The largest absolute Gasteiger partial charge is 0.459 e. The highest BCUT2D eigenvalue weighted by atomic mass is 16.9. The zero-order valence-corrected chi connectivity index (χ0v) is 44.4. The summed E-state index contributed by atoms with van der Waals surface area (Å²) in [6.07, 6.45) is 0.315. The third kappa shape index (κ3) is 14.9. The third-order valence-corrected chi connectivity index (χ3v) is 14.6. The maximum absolute atomic E-state index is 14.6. The lowest BCUT2D eigenvalue weighted by Gasteiger charge is -2.47. The van der Waals surface area contributed by atoms with Crippen molar-refractivity contribution in [2.45, 2.75) is 191 Å². The summed E-state index contributed by atoms with van der Waals surface area (Å²) in [5.74, 6) is -4.62. The number of aromatic nitrogens is 1. The van der Waals surface area contributed by atoms with Gasteiger partial charge in [0.2, 0.25) is 17.7 Å². The number of hydrogen-bond donors (Lipinski definition) is 4. The molecule has 408 valence electrons. The molecular formula is C56H76N6O13. The van der Waals surface area contributed by atoms with Gasteiger partial charge in [-0.05, 0) is 110 Å². The van der Waals surface area contributed by atoms with E-state index in [-0.39, 0.29) is 56.9 Å².